The molecule has 5 heteroatoms. The predicted octanol–water partition coefficient (Wildman–Crippen LogP) is 1.79. The Labute approximate surface area is 112 Å². The van der Waals surface area contributed by atoms with E-state index in [-0.39, 0.29) is 0 Å². The lowest BCUT2D eigenvalue weighted by atomic mass is 10.2. The molecule has 3 rings (SSSR count). The Kier molecular flexibility index (Phi) is 3.65. The number of aromatic nitrogens is 2. The van der Waals surface area contributed by atoms with Gasteiger partial charge in [0.2, 0.25) is 6.79 Å². The second-order valence-corrected chi connectivity index (χ2v) is 4.45. The van der Waals surface area contributed by atoms with E-state index >= 15 is 0 Å². The Bertz CT molecular complexity index is 525. The summed E-state index contributed by atoms with van der Waals surface area (Å²) in [6, 6.07) is 7.93. The molecule has 1 aromatic heterocycles. The highest BCUT2D eigenvalue weighted by molar-refractivity contribution is 5.48. The van der Waals surface area contributed by atoms with Crippen molar-refractivity contribution in [1.29, 1.82) is 0 Å². The van der Waals surface area contributed by atoms with Gasteiger partial charge in [0.1, 0.15) is 0 Å². The van der Waals surface area contributed by atoms with Crippen molar-refractivity contribution in [2.45, 2.75) is 19.5 Å². The van der Waals surface area contributed by atoms with Crippen molar-refractivity contribution >= 4 is 0 Å². The maximum Gasteiger partial charge on any atom is 0.231 e. The summed E-state index contributed by atoms with van der Waals surface area (Å²) in [5.41, 5.74) is 1.15. The fraction of sp³-hybridized carbons (Fsp3) is 0.357. The minimum absolute atomic E-state index is 0.325. The van der Waals surface area contributed by atoms with Gasteiger partial charge in [0.15, 0.2) is 11.5 Å². The normalized spacial score (nSPS) is 12.8. The van der Waals surface area contributed by atoms with E-state index in [2.05, 4.69) is 16.5 Å². The van der Waals surface area contributed by atoms with Crippen molar-refractivity contribution in [3.05, 3.63) is 42.2 Å². The van der Waals surface area contributed by atoms with Gasteiger partial charge in [0.25, 0.3) is 0 Å². The molecule has 2 aromatic rings. The van der Waals surface area contributed by atoms with Gasteiger partial charge in [-0.05, 0) is 25.1 Å². The third-order valence-corrected chi connectivity index (χ3v) is 3.09. The Morgan fingerprint density at radius 1 is 1.26 bits per heavy atom. The van der Waals surface area contributed by atoms with E-state index in [1.807, 2.05) is 29.1 Å². The van der Waals surface area contributed by atoms with Crippen LogP contribution >= 0.6 is 0 Å². The highest BCUT2D eigenvalue weighted by Crippen LogP contribution is 2.35. The number of hydrogen-bond acceptors (Lipinski definition) is 4. The molecule has 0 unspecified atom stereocenters. The SMILES string of the molecule is c1cc(CNCCCn2cccn2)c2c(c1)OCO2. The molecule has 1 aliphatic heterocycles. The minimum atomic E-state index is 0.325. The van der Waals surface area contributed by atoms with Gasteiger partial charge in [-0.15, -0.1) is 0 Å². The number of para-hydroxylation sites is 1. The molecule has 0 radical (unpaired) electrons. The Morgan fingerprint density at radius 2 is 2.26 bits per heavy atom. The van der Waals surface area contributed by atoms with Crippen LogP contribution < -0.4 is 14.8 Å². The summed E-state index contributed by atoms with van der Waals surface area (Å²) in [6.07, 6.45) is 4.83. The van der Waals surface area contributed by atoms with Gasteiger partial charge in [-0.25, -0.2) is 0 Å². The summed E-state index contributed by atoms with van der Waals surface area (Å²) in [6.45, 7) is 3.01. The first-order valence-electron chi connectivity index (χ1n) is 6.49. The van der Waals surface area contributed by atoms with Gasteiger partial charge in [-0.1, -0.05) is 12.1 Å². The number of hydrogen-bond donors (Lipinski definition) is 1. The van der Waals surface area contributed by atoms with Crippen molar-refractivity contribution in [3.8, 4) is 11.5 Å². The number of ether oxygens (including phenoxy) is 2. The van der Waals surface area contributed by atoms with Crippen LogP contribution in [0.4, 0.5) is 0 Å². The second kappa shape index (κ2) is 5.75. The van der Waals surface area contributed by atoms with E-state index in [1.165, 1.54) is 0 Å². The molecule has 0 atom stereocenters. The lowest BCUT2D eigenvalue weighted by Gasteiger charge is -2.07. The first-order chi connectivity index (χ1) is 9.43. The summed E-state index contributed by atoms with van der Waals surface area (Å²) in [7, 11) is 0. The van der Waals surface area contributed by atoms with Crippen LogP contribution in [0, 0.1) is 0 Å². The topological polar surface area (TPSA) is 48.3 Å². The minimum Gasteiger partial charge on any atom is -0.454 e. The van der Waals surface area contributed by atoms with Gasteiger partial charge in [-0.2, -0.15) is 5.10 Å². The lowest BCUT2D eigenvalue weighted by molar-refractivity contribution is 0.173. The average molecular weight is 259 g/mol. The van der Waals surface area contributed by atoms with Gasteiger partial charge in [0, 0.05) is 31.0 Å². The fourth-order valence-electron chi connectivity index (χ4n) is 2.15. The summed E-state index contributed by atoms with van der Waals surface area (Å²) in [4.78, 5) is 0. The summed E-state index contributed by atoms with van der Waals surface area (Å²) in [5, 5.41) is 7.59. The van der Waals surface area contributed by atoms with Crippen LogP contribution in [0.2, 0.25) is 0 Å². The molecule has 19 heavy (non-hydrogen) atoms. The molecule has 2 heterocycles. The van der Waals surface area contributed by atoms with Crippen molar-refractivity contribution in [1.82, 2.24) is 15.1 Å². The monoisotopic (exact) mass is 259 g/mol. The van der Waals surface area contributed by atoms with E-state index in [1.54, 1.807) is 6.20 Å². The second-order valence-electron chi connectivity index (χ2n) is 4.45. The zero-order chi connectivity index (χ0) is 12.9. The maximum absolute atomic E-state index is 5.47. The highest BCUT2D eigenvalue weighted by Gasteiger charge is 2.16. The average Bonchev–Trinajstić information content (AvgIpc) is 3.09. The fourth-order valence-corrected chi connectivity index (χ4v) is 2.15. The summed E-state index contributed by atoms with van der Waals surface area (Å²) in [5.74, 6) is 1.72. The highest BCUT2D eigenvalue weighted by atomic mass is 16.7. The van der Waals surface area contributed by atoms with Gasteiger partial charge >= 0.3 is 0 Å². The van der Waals surface area contributed by atoms with E-state index in [4.69, 9.17) is 9.47 Å². The third-order valence-electron chi connectivity index (χ3n) is 3.09. The molecule has 1 aliphatic rings. The van der Waals surface area contributed by atoms with Crippen LogP contribution in [0.25, 0.3) is 0 Å². The van der Waals surface area contributed by atoms with Crippen molar-refractivity contribution in [2.24, 2.45) is 0 Å². The van der Waals surface area contributed by atoms with E-state index in [0.29, 0.717) is 6.79 Å². The van der Waals surface area contributed by atoms with E-state index < -0.39 is 0 Å². The van der Waals surface area contributed by atoms with Crippen molar-refractivity contribution in [2.75, 3.05) is 13.3 Å². The van der Waals surface area contributed by atoms with Gasteiger partial charge < -0.3 is 14.8 Å². The van der Waals surface area contributed by atoms with Crippen LogP contribution in [0.15, 0.2) is 36.7 Å². The number of rotatable bonds is 6. The van der Waals surface area contributed by atoms with Crippen LogP contribution in [0.1, 0.15) is 12.0 Å². The molecular weight excluding hydrogens is 242 g/mol. The van der Waals surface area contributed by atoms with E-state index in [9.17, 15) is 0 Å². The summed E-state index contributed by atoms with van der Waals surface area (Å²) < 4.78 is 12.8. The zero-order valence-electron chi connectivity index (χ0n) is 10.7. The number of aryl methyl sites for hydroxylation is 1. The third kappa shape index (κ3) is 2.88. The van der Waals surface area contributed by atoms with Crippen LogP contribution in [-0.2, 0) is 13.1 Å². The molecule has 0 spiro atoms. The quantitative estimate of drug-likeness (QED) is 0.804. The molecule has 1 N–H and O–H groups in total. The van der Waals surface area contributed by atoms with Crippen LogP contribution in [-0.4, -0.2) is 23.1 Å². The lowest BCUT2D eigenvalue weighted by Crippen LogP contribution is -2.17. The Morgan fingerprint density at radius 3 is 3.16 bits per heavy atom. The van der Waals surface area contributed by atoms with Gasteiger partial charge in [-0.3, -0.25) is 4.68 Å². The van der Waals surface area contributed by atoms with Crippen LogP contribution in [0.3, 0.4) is 0 Å². The molecule has 100 valence electrons. The molecule has 0 amide bonds. The predicted molar refractivity (Wildman–Crippen MR) is 71.1 cm³/mol. The molecule has 0 aliphatic carbocycles. The summed E-state index contributed by atoms with van der Waals surface area (Å²) >= 11 is 0. The largest absolute Gasteiger partial charge is 0.454 e. The van der Waals surface area contributed by atoms with Crippen molar-refractivity contribution < 1.29 is 9.47 Å². The standard InChI is InChI=1S/C14H17N3O2/c1-4-12(14-13(5-1)18-11-19-14)10-15-6-2-8-17-9-3-7-16-17/h1,3-5,7,9,15H,2,6,8,10-11H2. The Hall–Kier alpha value is -2.01. The molecule has 0 saturated heterocycles. The first kappa shape index (κ1) is 12.0. The van der Waals surface area contributed by atoms with Crippen molar-refractivity contribution in [3.63, 3.8) is 0 Å². The van der Waals surface area contributed by atoms with E-state index in [0.717, 1.165) is 43.1 Å². The number of nitrogens with zero attached hydrogens (tertiary/aromatic N) is 2. The molecule has 1 aromatic carbocycles. The maximum atomic E-state index is 5.47. The molecule has 5 nitrogen and oxygen atoms in total. The Balaban J connectivity index is 1.44. The first-order valence-corrected chi connectivity index (χ1v) is 6.49. The number of fused-ring (bicyclic) bond motifs is 1. The smallest absolute Gasteiger partial charge is 0.231 e. The van der Waals surface area contributed by atoms with Crippen LogP contribution in [0.5, 0.6) is 11.5 Å². The molecule has 0 bridgehead atoms. The molecule has 0 fully saturated rings. The zero-order valence-corrected chi connectivity index (χ0v) is 10.7. The molecule has 0 saturated carbocycles. The number of nitrogens with one attached hydrogen (secondary N) is 1. The molecular formula is C14H17N3O2. The van der Waals surface area contributed by atoms with Gasteiger partial charge in [0.05, 0.1) is 0 Å². The number of benzene rings is 1.